The van der Waals surface area contributed by atoms with Gasteiger partial charge in [0.2, 0.25) is 5.95 Å². The zero-order valence-electron chi connectivity index (χ0n) is 20.7. The van der Waals surface area contributed by atoms with Crippen molar-refractivity contribution in [3.63, 3.8) is 0 Å². The smallest absolute Gasteiger partial charge is 0.274 e. The van der Waals surface area contributed by atoms with Gasteiger partial charge in [-0.2, -0.15) is 4.39 Å². The maximum Gasteiger partial charge on any atom is 0.274 e. The summed E-state index contributed by atoms with van der Waals surface area (Å²) in [4.78, 5) is 17.1. The molecule has 7 nitrogen and oxygen atoms in total. The lowest BCUT2D eigenvalue weighted by atomic mass is 9.89. The molecule has 1 fully saturated rings. The first-order valence-electron chi connectivity index (χ1n) is 12.0. The molecule has 0 radical (unpaired) electrons. The number of benzene rings is 1. The Morgan fingerprint density at radius 2 is 1.94 bits per heavy atom. The van der Waals surface area contributed by atoms with E-state index in [1.165, 1.54) is 10.8 Å². The van der Waals surface area contributed by atoms with Crippen LogP contribution in [0.2, 0.25) is 0 Å². The Balaban J connectivity index is 1.77. The predicted octanol–water partition coefficient (Wildman–Crippen LogP) is 4.11. The molecule has 188 valence electrons. The van der Waals surface area contributed by atoms with E-state index in [1.54, 1.807) is 7.11 Å². The van der Waals surface area contributed by atoms with E-state index in [2.05, 4.69) is 24.1 Å². The number of halogens is 1. The van der Waals surface area contributed by atoms with Crippen LogP contribution >= 0.6 is 0 Å². The fourth-order valence-electron chi connectivity index (χ4n) is 4.66. The zero-order chi connectivity index (χ0) is 25.0. The Morgan fingerprint density at radius 1 is 1.26 bits per heavy atom. The highest BCUT2D eigenvalue weighted by atomic mass is 32.2. The van der Waals surface area contributed by atoms with Gasteiger partial charge in [0.1, 0.15) is 21.4 Å². The molecule has 1 N–H and O–H groups in total. The molecule has 1 amide bonds. The Labute approximate surface area is 202 Å². The number of amides is 1. The van der Waals surface area contributed by atoms with Crippen LogP contribution in [0.15, 0.2) is 18.2 Å². The van der Waals surface area contributed by atoms with Crippen LogP contribution in [-0.4, -0.2) is 49.0 Å². The third-order valence-corrected chi connectivity index (χ3v) is 8.18. The van der Waals surface area contributed by atoms with E-state index in [-0.39, 0.29) is 16.9 Å². The maximum atomic E-state index is 15.5. The van der Waals surface area contributed by atoms with Crippen LogP contribution in [0.3, 0.4) is 0 Å². The van der Waals surface area contributed by atoms with Crippen LogP contribution in [0.4, 0.5) is 4.39 Å². The lowest BCUT2D eigenvalue weighted by molar-refractivity contribution is 0.0934. The first-order valence-corrected chi connectivity index (χ1v) is 13.9. The van der Waals surface area contributed by atoms with Crippen LogP contribution in [0.25, 0.3) is 5.69 Å². The summed E-state index contributed by atoms with van der Waals surface area (Å²) in [6.07, 6.45) is 5.21. The van der Waals surface area contributed by atoms with E-state index < -0.39 is 21.7 Å². The molecule has 0 bridgehead atoms. The molecule has 9 heteroatoms. The Hall–Kier alpha value is -2.42. The molecule has 2 aromatic rings. The highest BCUT2D eigenvalue weighted by Crippen LogP contribution is 2.30. The third kappa shape index (κ3) is 5.98. The van der Waals surface area contributed by atoms with Gasteiger partial charge in [0.05, 0.1) is 18.0 Å². The number of nitrogens with one attached hydrogen (secondary N) is 1. The number of hydrogen-bond donors (Lipinski definition) is 1. The van der Waals surface area contributed by atoms with E-state index in [9.17, 15) is 13.2 Å². The Morgan fingerprint density at radius 3 is 2.50 bits per heavy atom. The summed E-state index contributed by atoms with van der Waals surface area (Å²) in [5.74, 6) is 0.330. The molecule has 1 aromatic carbocycles. The summed E-state index contributed by atoms with van der Waals surface area (Å²) in [5, 5.41) is 2.50. The molecular formula is C25H36FN3O4S. The van der Waals surface area contributed by atoms with E-state index in [1.807, 2.05) is 25.1 Å². The van der Waals surface area contributed by atoms with Crippen molar-refractivity contribution in [3.8, 4) is 11.4 Å². The molecule has 1 aliphatic carbocycles. The van der Waals surface area contributed by atoms with Gasteiger partial charge < -0.3 is 10.1 Å². The van der Waals surface area contributed by atoms with Crippen molar-refractivity contribution in [1.29, 1.82) is 0 Å². The van der Waals surface area contributed by atoms with Gasteiger partial charge in [-0.25, -0.2) is 13.4 Å². The van der Waals surface area contributed by atoms with Crippen molar-refractivity contribution in [3.05, 3.63) is 41.2 Å². The van der Waals surface area contributed by atoms with Gasteiger partial charge in [-0.05, 0) is 61.6 Å². The van der Waals surface area contributed by atoms with E-state index in [0.717, 1.165) is 24.8 Å². The fourth-order valence-corrected chi connectivity index (χ4v) is 5.79. The molecule has 1 heterocycles. The van der Waals surface area contributed by atoms with Crippen LogP contribution in [0.1, 0.15) is 68.3 Å². The second-order valence-electron chi connectivity index (χ2n) is 9.64. The average molecular weight is 494 g/mol. The topological polar surface area (TPSA) is 90.3 Å². The number of nitrogens with zero attached hydrogens (tertiary/aromatic N) is 2. The SMILES string of the molecule is CCc1nc(C(=O)NCC2CCC(S(C)(=O)=O)CC2)c(F)n1-c1ccc(CC(C)C)cc1OC. The number of imidazole rings is 1. The second kappa shape index (κ2) is 10.9. The van der Waals surface area contributed by atoms with Crippen LogP contribution in [-0.2, 0) is 22.7 Å². The first-order chi connectivity index (χ1) is 16.0. The highest BCUT2D eigenvalue weighted by molar-refractivity contribution is 7.91. The molecule has 1 aromatic heterocycles. The molecule has 3 rings (SSSR count). The average Bonchev–Trinajstić information content (AvgIpc) is 3.12. The van der Waals surface area contributed by atoms with Crippen molar-refractivity contribution in [2.75, 3.05) is 19.9 Å². The number of carbonyl (C=O) groups excluding carboxylic acids is 1. The Kier molecular flexibility index (Phi) is 8.38. The number of rotatable bonds is 9. The van der Waals surface area contributed by atoms with E-state index in [0.29, 0.717) is 49.0 Å². The molecule has 0 atom stereocenters. The van der Waals surface area contributed by atoms with Gasteiger partial charge in [0.25, 0.3) is 5.91 Å². The van der Waals surface area contributed by atoms with E-state index >= 15 is 4.39 Å². The van der Waals surface area contributed by atoms with Crippen LogP contribution in [0.5, 0.6) is 5.75 Å². The van der Waals surface area contributed by atoms with Crippen molar-refractivity contribution in [2.24, 2.45) is 11.8 Å². The van der Waals surface area contributed by atoms with Crippen molar-refractivity contribution in [2.45, 2.75) is 64.5 Å². The highest BCUT2D eigenvalue weighted by Gasteiger charge is 2.29. The second-order valence-corrected chi connectivity index (χ2v) is 12.0. The van der Waals surface area contributed by atoms with Gasteiger partial charge in [0, 0.05) is 19.2 Å². The van der Waals surface area contributed by atoms with Crippen molar-refractivity contribution in [1.82, 2.24) is 14.9 Å². The molecule has 0 saturated heterocycles. The molecule has 1 saturated carbocycles. The van der Waals surface area contributed by atoms with Crippen molar-refractivity contribution < 1.29 is 22.3 Å². The molecule has 1 aliphatic rings. The minimum Gasteiger partial charge on any atom is -0.495 e. The van der Waals surface area contributed by atoms with Gasteiger partial charge in [-0.3, -0.25) is 9.36 Å². The fraction of sp³-hybridized carbons (Fsp3) is 0.600. The monoisotopic (exact) mass is 493 g/mol. The van der Waals surface area contributed by atoms with Gasteiger partial charge in [0.15, 0.2) is 5.69 Å². The number of carbonyl (C=O) groups is 1. The lowest BCUT2D eigenvalue weighted by Crippen LogP contribution is -2.34. The van der Waals surface area contributed by atoms with E-state index in [4.69, 9.17) is 4.74 Å². The van der Waals surface area contributed by atoms with Gasteiger partial charge >= 0.3 is 0 Å². The summed E-state index contributed by atoms with van der Waals surface area (Å²) in [6, 6.07) is 5.66. The number of aromatic nitrogens is 2. The molecule has 0 aliphatic heterocycles. The normalized spacial score (nSPS) is 18.8. The summed E-state index contributed by atoms with van der Waals surface area (Å²) < 4.78 is 45.9. The number of aryl methyl sites for hydroxylation is 1. The summed E-state index contributed by atoms with van der Waals surface area (Å²) in [7, 11) is -1.49. The summed E-state index contributed by atoms with van der Waals surface area (Å²) >= 11 is 0. The summed E-state index contributed by atoms with van der Waals surface area (Å²) in [6.45, 7) is 6.50. The third-order valence-electron chi connectivity index (χ3n) is 6.50. The van der Waals surface area contributed by atoms with Crippen LogP contribution < -0.4 is 10.1 Å². The van der Waals surface area contributed by atoms with Gasteiger partial charge in [-0.1, -0.05) is 26.8 Å². The van der Waals surface area contributed by atoms with Crippen LogP contribution in [0, 0.1) is 17.8 Å². The minimum atomic E-state index is -3.04. The first kappa shape index (κ1) is 26.2. The quantitative estimate of drug-likeness (QED) is 0.568. The number of ether oxygens (including phenoxy) is 1. The number of sulfone groups is 1. The minimum absolute atomic E-state index is 0.173. The number of methoxy groups -OCH3 is 1. The standard InChI is InChI=1S/C25H36FN3O4S/c1-6-22-28-23(25(30)27-15-17-7-10-19(11-8-17)34(5,31)32)24(26)29(22)20-12-9-18(13-16(2)3)14-21(20)33-4/h9,12,14,16-17,19H,6-8,10-11,13,15H2,1-5H3,(H,27,30). The van der Waals surface area contributed by atoms with Gasteiger partial charge in [-0.15, -0.1) is 0 Å². The van der Waals surface area contributed by atoms with Crippen molar-refractivity contribution >= 4 is 15.7 Å². The zero-order valence-corrected chi connectivity index (χ0v) is 21.5. The molecule has 0 unspecified atom stereocenters. The molecule has 0 spiro atoms. The number of hydrogen-bond acceptors (Lipinski definition) is 5. The maximum absolute atomic E-state index is 15.5. The molecule has 34 heavy (non-hydrogen) atoms. The largest absolute Gasteiger partial charge is 0.495 e. The Bertz CT molecular complexity index is 1120. The lowest BCUT2D eigenvalue weighted by Gasteiger charge is -2.27. The summed E-state index contributed by atoms with van der Waals surface area (Å²) in [5.41, 5.74) is 1.36. The predicted molar refractivity (Wildman–Crippen MR) is 131 cm³/mol. The molecular weight excluding hydrogens is 457 g/mol.